The number of benzene rings is 3. The summed E-state index contributed by atoms with van der Waals surface area (Å²) in [4.78, 5) is 2.43. The Labute approximate surface area is 239 Å². The monoisotopic (exact) mass is 541 g/mol. The summed E-state index contributed by atoms with van der Waals surface area (Å²) >= 11 is 0. The Balaban J connectivity index is 1.23. The standard InChI is InChI=1S/C35H43NO4/c1-34(2,3)40-29-16-18-31-26(19-29)13-17-30(24-9-7-6-8-10-24)32(31)25-11-14-28(15-12-25)36-22-35(23-36)20-27(21-39-35)33(37-4)38-5/h6-12,14-16,18-19,27,30,32-33H,13,17,20-23H2,1-5H3/t27?,30-,32+/m1/s1. The zero-order chi connectivity index (χ0) is 27.9. The van der Waals surface area contributed by atoms with E-state index in [2.05, 4.69) is 98.5 Å². The first-order chi connectivity index (χ1) is 19.3. The normalized spacial score (nSPS) is 23.8. The minimum atomic E-state index is -0.208. The van der Waals surface area contributed by atoms with Gasteiger partial charge < -0.3 is 23.8 Å². The molecule has 2 aliphatic heterocycles. The Morgan fingerprint density at radius 3 is 2.30 bits per heavy atom. The lowest BCUT2D eigenvalue weighted by atomic mass is 9.69. The highest BCUT2D eigenvalue weighted by Crippen LogP contribution is 2.48. The average Bonchev–Trinajstić information content (AvgIpc) is 3.38. The van der Waals surface area contributed by atoms with E-state index < -0.39 is 0 Å². The van der Waals surface area contributed by atoms with Crippen LogP contribution in [-0.4, -0.2) is 51.4 Å². The zero-order valence-corrected chi connectivity index (χ0v) is 24.6. The molecule has 5 nitrogen and oxygen atoms in total. The van der Waals surface area contributed by atoms with E-state index in [1.54, 1.807) is 14.2 Å². The van der Waals surface area contributed by atoms with Gasteiger partial charge in [0.1, 0.15) is 17.0 Å². The maximum Gasteiger partial charge on any atom is 0.161 e. The SMILES string of the molecule is COC(OC)C1COC2(C1)CN(c1ccc([C@@H]3c4ccc(OC(C)(C)C)cc4CC[C@@H]3c3ccccc3)cc1)C2. The number of fused-ring (bicyclic) bond motifs is 1. The van der Waals surface area contributed by atoms with E-state index in [1.807, 2.05) is 0 Å². The molecule has 212 valence electrons. The summed E-state index contributed by atoms with van der Waals surface area (Å²) in [5, 5.41) is 0. The van der Waals surface area contributed by atoms with Gasteiger partial charge in [0.2, 0.25) is 0 Å². The van der Waals surface area contributed by atoms with Gasteiger partial charge in [-0.25, -0.2) is 0 Å². The van der Waals surface area contributed by atoms with Crippen LogP contribution >= 0.6 is 0 Å². The summed E-state index contributed by atoms with van der Waals surface area (Å²) in [6.45, 7) is 8.85. The number of anilines is 1. The van der Waals surface area contributed by atoms with Crippen LogP contribution in [0.1, 0.15) is 67.7 Å². The minimum absolute atomic E-state index is 0.0772. The predicted molar refractivity (Wildman–Crippen MR) is 159 cm³/mol. The highest BCUT2D eigenvalue weighted by Gasteiger charge is 2.51. The molecule has 2 fully saturated rings. The average molecular weight is 542 g/mol. The lowest BCUT2D eigenvalue weighted by Crippen LogP contribution is -2.61. The molecule has 3 aromatic carbocycles. The molecule has 3 atom stereocenters. The summed E-state index contributed by atoms with van der Waals surface area (Å²) in [6.07, 6.45) is 2.97. The summed E-state index contributed by atoms with van der Waals surface area (Å²) in [5.41, 5.74) is 6.60. The van der Waals surface area contributed by atoms with Crippen LogP contribution in [0, 0.1) is 5.92 Å². The molecule has 2 heterocycles. The van der Waals surface area contributed by atoms with Gasteiger partial charge in [-0.05, 0) is 92.5 Å². The van der Waals surface area contributed by atoms with Gasteiger partial charge in [0.25, 0.3) is 0 Å². The molecule has 0 N–H and O–H groups in total. The van der Waals surface area contributed by atoms with Crippen LogP contribution in [-0.2, 0) is 20.6 Å². The van der Waals surface area contributed by atoms with Crippen LogP contribution in [0.5, 0.6) is 5.75 Å². The van der Waals surface area contributed by atoms with Gasteiger partial charge >= 0.3 is 0 Å². The first-order valence-corrected chi connectivity index (χ1v) is 14.7. The summed E-state index contributed by atoms with van der Waals surface area (Å²) < 4.78 is 23.5. The number of nitrogens with zero attached hydrogens (tertiary/aromatic N) is 1. The Morgan fingerprint density at radius 1 is 0.900 bits per heavy atom. The highest BCUT2D eigenvalue weighted by atomic mass is 16.7. The second-order valence-corrected chi connectivity index (χ2v) is 12.9. The Hall–Kier alpha value is -2.86. The van der Waals surface area contributed by atoms with E-state index in [-0.39, 0.29) is 23.4 Å². The van der Waals surface area contributed by atoms with Gasteiger partial charge in [-0.1, -0.05) is 48.5 Å². The summed E-state index contributed by atoms with van der Waals surface area (Å²) in [7, 11) is 3.42. The van der Waals surface area contributed by atoms with Crippen molar-refractivity contribution in [2.24, 2.45) is 5.92 Å². The van der Waals surface area contributed by atoms with E-state index >= 15 is 0 Å². The van der Waals surface area contributed by atoms with Crippen LogP contribution in [0.4, 0.5) is 5.69 Å². The van der Waals surface area contributed by atoms with Gasteiger partial charge in [-0.2, -0.15) is 0 Å². The van der Waals surface area contributed by atoms with E-state index in [9.17, 15) is 0 Å². The smallest absolute Gasteiger partial charge is 0.161 e. The topological polar surface area (TPSA) is 40.2 Å². The van der Waals surface area contributed by atoms with Crippen molar-refractivity contribution in [3.05, 3.63) is 95.1 Å². The molecule has 1 spiro atoms. The molecule has 1 unspecified atom stereocenters. The largest absolute Gasteiger partial charge is 0.488 e. The third-order valence-electron chi connectivity index (χ3n) is 8.89. The van der Waals surface area contributed by atoms with E-state index in [0.717, 1.165) is 38.1 Å². The minimum Gasteiger partial charge on any atom is -0.488 e. The van der Waals surface area contributed by atoms with Gasteiger partial charge in [-0.3, -0.25) is 0 Å². The zero-order valence-electron chi connectivity index (χ0n) is 24.6. The Kier molecular flexibility index (Phi) is 7.41. The van der Waals surface area contributed by atoms with Crippen molar-refractivity contribution in [2.75, 3.05) is 38.8 Å². The molecule has 2 saturated heterocycles. The van der Waals surface area contributed by atoms with Crippen LogP contribution in [0.2, 0.25) is 0 Å². The van der Waals surface area contributed by atoms with Crippen molar-refractivity contribution < 1.29 is 18.9 Å². The van der Waals surface area contributed by atoms with E-state index in [0.29, 0.717) is 18.4 Å². The van der Waals surface area contributed by atoms with Crippen molar-refractivity contribution in [3.8, 4) is 5.75 Å². The van der Waals surface area contributed by atoms with Crippen molar-refractivity contribution in [2.45, 2.75) is 69.4 Å². The lowest BCUT2D eigenvalue weighted by molar-refractivity contribution is -0.136. The van der Waals surface area contributed by atoms with Crippen molar-refractivity contribution >= 4 is 5.69 Å². The fourth-order valence-corrected chi connectivity index (χ4v) is 7.16. The fourth-order valence-electron chi connectivity index (χ4n) is 7.16. The van der Waals surface area contributed by atoms with Gasteiger partial charge in [0.15, 0.2) is 6.29 Å². The molecule has 0 bridgehead atoms. The van der Waals surface area contributed by atoms with Gasteiger partial charge in [0.05, 0.1) is 6.61 Å². The first-order valence-electron chi connectivity index (χ1n) is 14.7. The molecule has 40 heavy (non-hydrogen) atoms. The second-order valence-electron chi connectivity index (χ2n) is 12.9. The van der Waals surface area contributed by atoms with Crippen LogP contribution < -0.4 is 9.64 Å². The molecule has 5 heteroatoms. The predicted octanol–water partition coefficient (Wildman–Crippen LogP) is 6.94. The summed E-state index contributed by atoms with van der Waals surface area (Å²) in [5.74, 6) is 2.00. The third-order valence-corrected chi connectivity index (χ3v) is 8.89. The number of rotatable bonds is 7. The first kappa shape index (κ1) is 27.3. The van der Waals surface area contributed by atoms with E-state index in [4.69, 9.17) is 18.9 Å². The maximum absolute atomic E-state index is 6.27. The molecule has 3 aromatic rings. The molecule has 0 amide bonds. The Bertz CT molecular complexity index is 1290. The number of aryl methyl sites for hydroxylation is 1. The van der Waals surface area contributed by atoms with Crippen molar-refractivity contribution in [1.82, 2.24) is 0 Å². The molecule has 0 saturated carbocycles. The van der Waals surface area contributed by atoms with Gasteiger partial charge in [-0.15, -0.1) is 0 Å². The number of ether oxygens (including phenoxy) is 4. The molecule has 3 aliphatic rings. The molecule has 0 aromatic heterocycles. The molecular formula is C35H43NO4. The van der Waals surface area contributed by atoms with Crippen molar-refractivity contribution in [1.29, 1.82) is 0 Å². The quantitative estimate of drug-likeness (QED) is 0.303. The molecular weight excluding hydrogens is 498 g/mol. The number of hydrogen-bond donors (Lipinski definition) is 0. The number of hydrogen-bond acceptors (Lipinski definition) is 5. The van der Waals surface area contributed by atoms with E-state index in [1.165, 1.54) is 27.9 Å². The number of methoxy groups -OCH3 is 2. The highest BCUT2D eigenvalue weighted by molar-refractivity contribution is 5.55. The van der Waals surface area contributed by atoms with Crippen LogP contribution in [0.15, 0.2) is 72.8 Å². The molecule has 6 rings (SSSR count). The third kappa shape index (κ3) is 5.39. The molecule has 1 aliphatic carbocycles. The lowest BCUT2D eigenvalue weighted by Gasteiger charge is -2.48. The van der Waals surface area contributed by atoms with Crippen LogP contribution in [0.25, 0.3) is 0 Å². The van der Waals surface area contributed by atoms with Gasteiger partial charge in [0, 0.05) is 44.8 Å². The maximum atomic E-state index is 6.27. The molecule has 0 radical (unpaired) electrons. The fraction of sp³-hybridized carbons (Fsp3) is 0.486. The second kappa shape index (κ2) is 10.8. The summed E-state index contributed by atoms with van der Waals surface area (Å²) in [6, 6.07) is 27.1. The van der Waals surface area contributed by atoms with Crippen LogP contribution in [0.3, 0.4) is 0 Å². The van der Waals surface area contributed by atoms with Crippen molar-refractivity contribution in [3.63, 3.8) is 0 Å². The Morgan fingerprint density at radius 2 is 1.62 bits per heavy atom.